The maximum atomic E-state index is 12.5. The number of rotatable bonds is 4. The summed E-state index contributed by atoms with van der Waals surface area (Å²) in [5.74, 6) is 1.50. The Morgan fingerprint density at radius 2 is 1.67 bits per heavy atom. The van der Waals surface area contributed by atoms with E-state index in [2.05, 4.69) is 20.6 Å². The van der Waals surface area contributed by atoms with Gasteiger partial charge in [0.1, 0.15) is 31.1 Å². The Bertz CT molecular complexity index is 973. The number of hydrogen-bond donors (Lipinski definition) is 2. The molecule has 2 aromatic carbocycles. The molecular weight excluding hydrogens is 344 g/mol. The first-order valence-electron chi connectivity index (χ1n) is 8.54. The highest BCUT2D eigenvalue weighted by Crippen LogP contribution is 2.32. The van der Waals surface area contributed by atoms with Crippen LogP contribution in [-0.4, -0.2) is 29.1 Å². The molecule has 27 heavy (non-hydrogen) atoms. The monoisotopic (exact) mass is 362 g/mol. The first-order valence-corrected chi connectivity index (χ1v) is 8.54. The van der Waals surface area contributed by atoms with Gasteiger partial charge in [-0.1, -0.05) is 17.7 Å². The van der Waals surface area contributed by atoms with Gasteiger partial charge in [0.05, 0.1) is 0 Å². The molecule has 1 aliphatic heterocycles. The first-order chi connectivity index (χ1) is 13.2. The number of carbonyl (C=O) groups excluding carboxylic acids is 1. The maximum absolute atomic E-state index is 12.5. The minimum Gasteiger partial charge on any atom is -0.486 e. The van der Waals surface area contributed by atoms with Gasteiger partial charge in [-0.3, -0.25) is 4.79 Å². The number of amides is 1. The van der Waals surface area contributed by atoms with Gasteiger partial charge in [-0.05, 0) is 31.2 Å². The van der Waals surface area contributed by atoms with E-state index in [1.54, 1.807) is 24.3 Å². The molecule has 0 spiro atoms. The number of hydrogen-bond acceptors (Lipinski definition) is 6. The SMILES string of the molecule is Cc1ccc(Nc2cc(C(=O)Nc3ccc4c(c3)OCCO4)ncn2)cc1. The number of nitrogens with zero attached hydrogens (tertiary/aromatic N) is 2. The number of ether oxygens (including phenoxy) is 2. The lowest BCUT2D eigenvalue weighted by molar-refractivity contribution is 0.102. The van der Waals surface area contributed by atoms with Crippen LogP contribution in [0.15, 0.2) is 54.9 Å². The third-order valence-electron chi connectivity index (χ3n) is 4.02. The van der Waals surface area contributed by atoms with Gasteiger partial charge in [0.2, 0.25) is 0 Å². The van der Waals surface area contributed by atoms with Crippen LogP contribution >= 0.6 is 0 Å². The Morgan fingerprint density at radius 3 is 2.48 bits per heavy atom. The number of nitrogens with one attached hydrogen (secondary N) is 2. The number of anilines is 3. The second-order valence-electron chi connectivity index (χ2n) is 6.09. The van der Waals surface area contributed by atoms with Crippen molar-refractivity contribution in [1.29, 1.82) is 0 Å². The minimum atomic E-state index is -0.332. The predicted molar refractivity (Wildman–Crippen MR) is 102 cm³/mol. The second kappa shape index (κ2) is 7.33. The summed E-state index contributed by atoms with van der Waals surface area (Å²) in [5, 5.41) is 5.98. The van der Waals surface area contributed by atoms with Gasteiger partial charge in [-0.25, -0.2) is 9.97 Å². The lowest BCUT2D eigenvalue weighted by atomic mass is 10.2. The minimum absolute atomic E-state index is 0.259. The van der Waals surface area contributed by atoms with Crippen molar-refractivity contribution < 1.29 is 14.3 Å². The topological polar surface area (TPSA) is 85.4 Å². The van der Waals surface area contributed by atoms with Crippen LogP contribution < -0.4 is 20.1 Å². The molecule has 3 aromatic rings. The van der Waals surface area contributed by atoms with Gasteiger partial charge in [-0.2, -0.15) is 0 Å². The summed E-state index contributed by atoms with van der Waals surface area (Å²) in [6.45, 7) is 3.04. The number of benzene rings is 2. The molecular formula is C20H18N4O3. The third kappa shape index (κ3) is 3.98. The van der Waals surface area contributed by atoms with Gasteiger partial charge < -0.3 is 20.1 Å². The van der Waals surface area contributed by atoms with Crippen molar-refractivity contribution in [1.82, 2.24) is 9.97 Å². The smallest absolute Gasteiger partial charge is 0.274 e. The number of carbonyl (C=O) groups is 1. The van der Waals surface area contributed by atoms with E-state index in [9.17, 15) is 4.79 Å². The Hall–Kier alpha value is -3.61. The second-order valence-corrected chi connectivity index (χ2v) is 6.09. The highest BCUT2D eigenvalue weighted by molar-refractivity contribution is 6.03. The summed E-state index contributed by atoms with van der Waals surface area (Å²) in [6.07, 6.45) is 1.36. The van der Waals surface area contributed by atoms with E-state index in [0.29, 0.717) is 36.2 Å². The summed E-state index contributed by atoms with van der Waals surface area (Å²) in [7, 11) is 0. The zero-order chi connectivity index (χ0) is 18.6. The molecule has 136 valence electrons. The molecule has 2 heterocycles. The normalized spacial score (nSPS) is 12.3. The Kier molecular flexibility index (Phi) is 4.57. The number of aromatic nitrogens is 2. The van der Waals surface area contributed by atoms with Crippen LogP contribution in [-0.2, 0) is 0 Å². The van der Waals surface area contributed by atoms with Crippen molar-refractivity contribution in [3.63, 3.8) is 0 Å². The molecule has 4 rings (SSSR count). The van der Waals surface area contributed by atoms with E-state index in [0.717, 1.165) is 5.69 Å². The van der Waals surface area contributed by atoms with E-state index in [4.69, 9.17) is 9.47 Å². The molecule has 0 aliphatic carbocycles. The Balaban J connectivity index is 1.48. The number of aryl methyl sites for hydroxylation is 1. The highest BCUT2D eigenvalue weighted by atomic mass is 16.6. The largest absolute Gasteiger partial charge is 0.486 e. The van der Waals surface area contributed by atoms with E-state index >= 15 is 0 Å². The van der Waals surface area contributed by atoms with Crippen LogP contribution in [0, 0.1) is 6.92 Å². The fourth-order valence-corrected chi connectivity index (χ4v) is 2.65. The van der Waals surface area contributed by atoms with Crippen LogP contribution in [0.25, 0.3) is 0 Å². The molecule has 7 heteroatoms. The Morgan fingerprint density at radius 1 is 0.926 bits per heavy atom. The molecule has 0 saturated heterocycles. The Labute approximate surface area is 156 Å². The van der Waals surface area contributed by atoms with Crippen molar-refractivity contribution in [2.45, 2.75) is 6.92 Å². The van der Waals surface area contributed by atoms with Crippen molar-refractivity contribution in [3.05, 3.63) is 66.1 Å². The van der Waals surface area contributed by atoms with Crippen molar-refractivity contribution >= 4 is 23.1 Å². The van der Waals surface area contributed by atoms with E-state index < -0.39 is 0 Å². The first kappa shape index (κ1) is 16.8. The van der Waals surface area contributed by atoms with Crippen LogP contribution in [0.4, 0.5) is 17.2 Å². The molecule has 0 bridgehead atoms. The standard InChI is InChI=1S/C20H18N4O3/c1-13-2-4-14(5-3-13)23-19-11-16(21-12-22-19)20(25)24-15-6-7-17-18(10-15)27-9-8-26-17/h2-7,10-12H,8-9H2,1H3,(H,24,25)(H,21,22,23). The summed E-state index contributed by atoms with van der Waals surface area (Å²) < 4.78 is 11.0. The van der Waals surface area contributed by atoms with Crippen molar-refractivity contribution in [3.8, 4) is 11.5 Å². The average molecular weight is 362 g/mol. The molecule has 0 unspecified atom stereocenters. The molecule has 1 aliphatic rings. The lowest BCUT2D eigenvalue weighted by Crippen LogP contribution is -2.17. The van der Waals surface area contributed by atoms with E-state index in [1.165, 1.54) is 11.9 Å². The zero-order valence-corrected chi connectivity index (χ0v) is 14.7. The maximum Gasteiger partial charge on any atom is 0.274 e. The fraction of sp³-hybridized carbons (Fsp3) is 0.150. The van der Waals surface area contributed by atoms with Crippen molar-refractivity contribution in [2.75, 3.05) is 23.8 Å². The van der Waals surface area contributed by atoms with Gasteiger partial charge in [0, 0.05) is 23.5 Å². The molecule has 2 N–H and O–H groups in total. The molecule has 1 amide bonds. The highest BCUT2D eigenvalue weighted by Gasteiger charge is 2.14. The average Bonchev–Trinajstić information content (AvgIpc) is 2.70. The lowest BCUT2D eigenvalue weighted by Gasteiger charge is -2.19. The van der Waals surface area contributed by atoms with Gasteiger partial charge in [0.15, 0.2) is 11.5 Å². The third-order valence-corrected chi connectivity index (χ3v) is 4.02. The molecule has 1 aromatic heterocycles. The van der Waals surface area contributed by atoms with Crippen molar-refractivity contribution in [2.24, 2.45) is 0 Å². The van der Waals surface area contributed by atoms with E-state index in [-0.39, 0.29) is 11.6 Å². The zero-order valence-electron chi connectivity index (χ0n) is 14.7. The summed E-state index contributed by atoms with van der Waals surface area (Å²) in [6, 6.07) is 14.8. The van der Waals surface area contributed by atoms with Crippen LogP contribution in [0.5, 0.6) is 11.5 Å². The van der Waals surface area contributed by atoms with Crippen LogP contribution in [0.3, 0.4) is 0 Å². The molecule has 0 radical (unpaired) electrons. The molecule has 0 fully saturated rings. The summed E-state index contributed by atoms with van der Waals surface area (Å²) in [4.78, 5) is 20.8. The van der Waals surface area contributed by atoms with Crippen LogP contribution in [0.2, 0.25) is 0 Å². The predicted octanol–water partition coefficient (Wildman–Crippen LogP) is 3.55. The summed E-state index contributed by atoms with van der Waals surface area (Å²) in [5.41, 5.74) is 2.92. The van der Waals surface area contributed by atoms with E-state index in [1.807, 2.05) is 31.2 Å². The molecule has 0 atom stereocenters. The summed E-state index contributed by atoms with van der Waals surface area (Å²) >= 11 is 0. The molecule has 7 nitrogen and oxygen atoms in total. The van der Waals surface area contributed by atoms with Gasteiger partial charge in [-0.15, -0.1) is 0 Å². The van der Waals surface area contributed by atoms with Gasteiger partial charge >= 0.3 is 0 Å². The quantitative estimate of drug-likeness (QED) is 0.738. The fourth-order valence-electron chi connectivity index (χ4n) is 2.65. The molecule has 0 saturated carbocycles. The van der Waals surface area contributed by atoms with Crippen LogP contribution in [0.1, 0.15) is 16.1 Å². The number of fused-ring (bicyclic) bond motifs is 1. The van der Waals surface area contributed by atoms with Gasteiger partial charge in [0.25, 0.3) is 5.91 Å².